The standard InChI is InChI=1S/C15H23NO3/c17-13(12-8-10-7-11(10)9-12)16-15(14(18)19)5-3-1-2-4-6-15/h10-12H,1-9H2,(H,16,17)(H,18,19). The zero-order valence-electron chi connectivity index (χ0n) is 11.4. The molecule has 0 aromatic heterocycles. The maximum Gasteiger partial charge on any atom is 0.329 e. The lowest BCUT2D eigenvalue weighted by Crippen LogP contribution is -2.55. The molecule has 0 spiro atoms. The Morgan fingerprint density at radius 3 is 2.05 bits per heavy atom. The minimum Gasteiger partial charge on any atom is -0.480 e. The van der Waals surface area contributed by atoms with Gasteiger partial charge in [0.15, 0.2) is 0 Å². The van der Waals surface area contributed by atoms with E-state index in [0.29, 0.717) is 12.8 Å². The quantitative estimate of drug-likeness (QED) is 0.770. The fourth-order valence-electron chi connectivity index (χ4n) is 3.99. The first kappa shape index (κ1) is 12.9. The van der Waals surface area contributed by atoms with Gasteiger partial charge in [-0.2, -0.15) is 0 Å². The Kier molecular flexibility index (Phi) is 3.27. The third-order valence-electron chi connectivity index (χ3n) is 5.34. The van der Waals surface area contributed by atoms with Gasteiger partial charge in [-0.3, -0.25) is 4.79 Å². The summed E-state index contributed by atoms with van der Waals surface area (Å²) in [6.45, 7) is 0. The van der Waals surface area contributed by atoms with Crippen LogP contribution in [0.25, 0.3) is 0 Å². The van der Waals surface area contributed by atoms with Crippen molar-refractivity contribution in [1.29, 1.82) is 0 Å². The van der Waals surface area contributed by atoms with Crippen molar-refractivity contribution in [1.82, 2.24) is 5.32 Å². The van der Waals surface area contributed by atoms with Crippen molar-refractivity contribution in [2.75, 3.05) is 0 Å². The van der Waals surface area contributed by atoms with E-state index < -0.39 is 11.5 Å². The fourth-order valence-corrected chi connectivity index (χ4v) is 3.99. The zero-order chi connectivity index (χ0) is 13.5. The van der Waals surface area contributed by atoms with Crippen molar-refractivity contribution in [3.8, 4) is 0 Å². The number of carboxylic acids is 1. The molecule has 0 aliphatic heterocycles. The molecule has 2 unspecified atom stereocenters. The van der Waals surface area contributed by atoms with Gasteiger partial charge in [-0.05, 0) is 43.9 Å². The predicted octanol–water partition coefficient (Wildman–Crippen LogP) is 2.33. The first-order chi connectivity index (χ1) is 9.11. The average Bonchev–Trinajstić information content (AvgIpc) is 3.06. The minimum absolute atomic E-state index is 0.00324. The van der Waals surface area contributed by atoms with Crippen LogP contribution in [0.5, 0.6) is 0 Å². The summed E-state index contributed by atoms with van der Waals surface area (Å²) in [5.74, 6) is 0.738. The molecule has 0 aromatic rings. The van der Waals surface area contributed by atoms with Crippen LogP contribution in [-0.2, 0) is 9.59 Å². The van der Waals surface area contributed by atoms with E-state index in [4.69, 9.17) is 0 Å². The molecule has 3 aliphatic carbocycles. The number of fused-ring (bicyclic) bond motifs is 1. The van der Waals surface area contributed by atoms with Crippen molar-refractivity contribution >= 4 is 11.9 Å². The number of aliphatic carboxylic acids is 1. The van der Waals surface area contributed by atoms with E-state index in [9.17, 15) is 14.7 Å². The molecule has 4 heteroatoms. The summed E-state index contributed by atoms with van der Waals surface area (Å²) in [4.78, 5) is 24.0. The third kappa shape index (κ3) is 2.49. The van der Waals surface area contributed by atoms with E-state index in [2.05, 4.69) is 5.32 Å². The summed E-state index contributed by atoms with van der Waals surface area (Å²) in [5.41, 5.74) is -0.986. The molecule has 2 atom stereocenters. The summed E-state index contributed by atoms with van der Waals surface area (Å²) < 4.78 is 0. The Morgan fingerprint density at radius 1 is 0.947 bits per heavy atom. The number of amides is 1. The van der Waals surface area contributed by atoms with Crippen molar-refractivity contribution in [2.24, 2.45) is 17.8 Å². The number of hydrogen-bond acceptors (Lipinski definition) is 2. The van der Waals surface area contributed by atoms with E-state index in [-0.39, 0.29) is 11.8 Å². The highest BCUT2D eigenvalue weighted by Crippen LogP contribution is 2.54. The molecule has 3 fully saturated rings. The molecule has 4 nitrogen and oxygen atoms in total. The molecule has 2 N–H and O–H groups in total. The average molecular weight is 265 g/mol. The lowest BCUT2D eigenvalue weighted by atomic mass is 9.89. The smallest absolute Gasteiger partial charge is 0.329 e. The highest BCUT2D eigenvalue weighted by atomic mass is 16.4. The highest BCUT2D eigenvalue weighted by molar-refractivity contribution is 5.88. The lowest BCUT2D eigenvalue weighted by molar-refractivity contribution is -0.149. The predicted molar refractivity (Wildman–Crippen MR) is 70.5 cm³/mol. The maximum atomic E-state index is 12.3. The van der Waals surface area contributed by atoms with Gasteiger partial charge >= 0.3 is 5.97 Å². The first-order valence-electron chi connectivity index (χ1n) is 7.66. The SMILES string of the molecule is O=C(NC1(C(=O)O)CCCCCC1)C1CC2CC2C1. The molecule has 3 rings (SSSR count). The Labute approximate surface area is 113 Å². The number of nitrogens with one attached hydrogen (secondary N) is 1. The topological polar surface area (TPSA) is 66.4 Å². The monoisotopic (exact) mass is 265 g/mol. The molecular weight excluding hydrogens is 242 g/mol. The van der Waals surface area contributed by atoms with Gasteiger partial charge < -0.3 is 10.4 Å². The molecule has 1 amide bonds. The highest BCUT2D eigenvalue weighted by Gasteiger charge is 2.49. The van der Waals surface area contributed by atoms with Gasteiger partial charge in [0.2, 0.25) is 5.91 Å². The van der Waals surface area contributed by atoms with Crippen LogP contribution >= 0.6 is 0 Å². The van der Waals surface area contributed by atoms with Gasteiger partial charge in [0.25, 0.3) is 0 Å². The van der Waals surface area contributed by atoms with Crippen molar-refractivity contribution in [2.45, 2.75) is 63.3 Å². The largest absolute Gasteiger partial charge is 0.480 e. The van der Waals surface area contributed by atoms with E-state index >= 15 is 0 Å². The Balaban J connectivity index is 1.66. The molecule has 3 aliphatic rings. The molecule has 0 heterocycles. The van der Waals surface area contributed by atoms with Crippen LogP contribution < -0.4 is 5.32 Å². The summed E-state index contributed by atoms with van der Waals surface area (Å²) in [6.07, 6.45) is 8.40. The molecular formula is C15H23NO3. The molecule has 0 radical (unpaired) electrons. The maximum absolute atomic E-state index is 12.3. The Morgan fingerprint density at radius 2 is 1.53 bits per heavy atom. The number of hydrogen-bond donors (Lipinski definition) is 2. The van der Waals surface area contributed by atoms with Gasteiger partial charge in [-0.25, -0.2) is 4.79 Å². The van der Waals surface area contributed by atoms with Gasteiger partial charge in [-0.15, -0.1) is 0 Å². The van der Waals surface area contributed by atoms with E-state index in [0.717, 1.165) is 50.4 Å². The number of rotatable bonds is 3. The van der Waals surface area contributed by atoms with Gasteiger partial charge in [-0.1, -0.05) is 25.7 Å². The van der Waals surface area contributed by atoms with Gasteiger partial charge in [0, 0.05) is 5.92 Å². The zero-order valence-corrected chi connectivity index (χ0v) is 11.4. The van der Waals surface area contributed by atoms with Crippen LogP contribution in [-0.4, -0.2) is 22.5 Å². The minimum atomic E-state index is -0.986. The number of carboxylic acid groups (broad SMARTS) is 1. The molecule has 19 heavy (non-hydrogen) atoms. The van der Waals surface area contributed by atoms with Gasteiger partial charge in [0.1, 0.15) is 5.54 Å². The second-order valence-corrected chi connectivity index (χ2v) is 6.71. The Bertz CT molecular complexity index is 375. The van der Waals surface area contributed by atoms with Crippen LogP contribution in [0, 0.1) is 17.8 Å². The molecule has 0 saturated heterocycles. The molecule has 0 aromatic carbocycles. The van der Waals surface area contributed by atoms with Gasteiger partial charge in [0.05, 0.1) is 0 Å². The van der Waals surface area contributed by atoms with E-state index in [1.54, 1.807) is 0 Å². The van der Waals surface area contributed by atoms with Crippen LogP contribution in [0.2, 0.25) is 0 Å². The van der Waals surface area contributed by atoms with Crippen molar-refractivity contribution < 1.29 is 14.7 Å². The summed E-state index contributed by atoms with van der Waals surface area (Å²) in [7, 11) is 0. The lowest BCUT2D eigenvalue weighted by Gasteiger charge is -2.30. The van der Waals surface area contributed by atoms with Crippen molar-refractivity contribution in [3.05, 3.63) is 0 Å². The first-order valence-corrected chi connectivity index (χ1v) is 7.66. The summed E-state index contributed by atoms with van der Waals surface area (Å²) >= 11 is 0. The number of carbonyl (C=O) groups excluding carboxylic acids is 1. The number of carbonyl (C=O) groups is 2. The van der Waals surface area contributed by atoms with Crippen LogP contribution in [0.15, 0.2) is 0 Å². The second kappa shape index (κ2) is 4.80. The second-order valence-electron chi connectivity index (χ2n) is 6.71. The van der Waals surface area contributed by atoms with E-state index in [1.165, 1.54) is 6.42 Å². The van der Waals surface area contributed by atoms with Crippen LogP contribution in [0.3, 0.4) is 0 Å². The normalized spacial score (nSPS) is 36.1. The van der Waals surface area contributed by atoms with Crippen molar-refractivity contribution in [3.63, 3.8) is 0 Å². The van der Waals surface area contributed by atoms with E-state index in [1.807, 2.05) is 0 Å². The summed E-state index contributed by atoms with van der Waals surface area (Å²) in [6, 6.07) is 0. The summed E-state index contributed by atoms with van der Waals surface area (Å²) in [5, 5.41) is 12.5. The van der Waals surface area contributed by atoms with Crippen LogP contribution in [0.1, 0.15) is 57.8 Å². The fraction of sp³-hybridized carbons (Fsp3) is 0.867. The molecule has 106 valence electrons. The molecule has 0 bridgehead atoms. The Hall–Kier alpha value is -1.06. The van der Waals surface area contributed by atoms with Crippen LogP contribution in [0.4, 0.5) is 0 Å². The third-order valence-corrected chi connectivity index (χ3v) is 5.34. The molecule has 3 saturated carbocycles.